The fraction of sp³-hybridized carbons (Fsp3) is 0.0435. The molecule has 0 aliphatic rings. The van der Waals surface area contributed by atoms with E-state index >= 15 is 0 Å². The molecule has 0 bridgehead atoms. The number of fused-ring (bicyclic) bond motifs is 1. The molecule has 5 aromatic rings. The van der Waals surface area contributed by atoms with Crippen LogP contribution >= 0.6 is 11.3 Å². The second-order valence-electron chi connectivity index (χ2n) is 6.69. The van der Waals surface area contributed by atoms with Crippen molar-refractivity contribution in [1.29, 1.82) is 0 Å². The minimum absolute atomic E-state index is 0.486. The number of hydrogen-bond acceptors (Lipinski definition) is 4. The summed E-state index contributed by atoms with van der Waals surface area (Å²) in [4.78, 5) is 9.21. The van der Waals surface area contributed by atoms with E-state index in [1.165, 1.54) is 11.1 Å². The maximum atomic E-state index is 6.22. The van der Waals surface area contributed by atoms with Crippen molar-refractivity contribution < 1.29 is 0 Å². The highest BCUT2D eigenvalue weighted by Gasteiger charge is 2.17. The van der Waals surface area contributed by atoms with E-state index in [0.717, 1.165) is 34.6 Å². The summed E-state index contributed by atoms with van der Waals surface area (Å²) in [5.74, 6) is 1.37. The van der Waals surface area contributed by atoms with E-state index in [-0.39, 0.29) is 0 Å². The summed E-state index contributed by atoms with van der Waals surface area (Å²) in [6.07, 6.45) is 4.54. The normalized spacial score (nSPS) is 11.1. The lowest BCUT2D eigenvalue weighted by Gasteiger charge is -2.05. The van der Waals surface area contributed by atoms with Crippen molar-refractivity contribution in [3.63, 3.8) is 0 Å². The van der Waals surface area contributed by atoms with Gasteiger partial charge in [-0.2, -0.15) is 11.3 Å². The fourth-order valence-corrected chi connectivity index (χ4v) is 4.11. The highest BCUT2D eigenvalue weighted by atomic mass is 32.1. The first-order valence-corrected chi connectivity index (χ1v) is 10.0. The highest BCUT2D eigenvalue weighted by molar-refractivity contribution is 7.08. The molecule has 3 aromatic heterocycles. The Labute approximate surface area is 167 Å². The van der Waals surface area contributed by atoms with Crippen molar-refractivity contribution in [2.45, 2.75) is 6.42 Å². The van der Waals surface area contributed by atoms with Crippen molar-refractivity contribution in [3.8, 4) is 22.6 Å². The molecule has 0 aliphatic carbocycles. The molecule has 4 nitrogen and oxygen atoms in total. The van der Waals surface area contributed by atoms with Crippen molar-refractivity contribution in [2.24, 2.45) is 0 Å². The molecule has 3 heterocycles. The number of thiophene rings is 1. The molecule has 0 amide bonds. The molecule has 0 spiro atoms. The molecule has 0 radical (unpaired) electrons. The Morgan fingerprint density at radius 2 is 1.68 bits per heavy atom. The summed E-state index contributed by atoms with van der Waals surface area (Å²) >= 11 is 1.65. The molecule has 2 aromatic carbocycles. The Hall–Kier alpha value is -3.44. The van der Waals surface area contributed by atoms with Crippen LogP contribution in [0, 0.1) is 0 Å². The summed E-state index contributed by atoms with van der Waals surface area (Å²) in [7, 11) is 0. The lowest BCUT2D eigenvalue weighted by atomic mass is 10.0. The molecular formula is C23H18N4S. The first kappa shape index (κ1) is 16.7. The zero-order valence-corrected chi connectivity index (χ0v) is 15.9. The Morgan fingerprint density at radius 3 is 2.43 bits per heavy atom. The Balaban J connectivity index is 1.58. The topological polar surface area (TPSA) is 56.2 Å². The molecule has 0 saturated carbocycles. The molecular weight excluding hydrogens is 364 g/mol. The quantitative estimate of drug-likeness (QED) is 0.459. The molecule has 0 fully saturated rings. The zero-order chi connectivity index (χ0) is 18.9. The third kappa shape index (κ3) is 2.96. The van der Waals surface area contributed by atoms with Gasteiger partial charge < -0.3 is 5.73 Å². The lowest BCUT2D eigenvalue weighted by molar-refractivity contribution is 1.13. The average molecular weight is 382 g/mol. The molecule has 5 heteroatoms. The van der Waals surface area contributed by atoms with Gasteiger partial charge in [0.2, 0.25) is 0 Å². The fourth-order valence-electron chi connectivity index (χ4n) is 3.47. The molecule has 5 rings (SSSR count). The number of benzene rings is 2. The van der Waals surface area contributed by atoms with Crippen molar-refractivity contribution in [1.82, 2.24) is 14.4 Å². The summed E-state index contributed by atoms with van der Waals surface area (Å²) in [6.45, 7) is 0. The summed E-state index contributed by atoms with van der Waals surface area (Å²) in [6, 6.07) is 21.1. The SMILES string of the molecule is Nc1nccn2c(-c3ccsc3)nc(-c3ccc(Cc4ccccc4)cc3)c12. The number of anilines is 1. The van der Waals surface area contributed by atoms with Gasteiger partial charge >= 0.3 is 0 Å². The third-order valence-corrected chi connectivity index (χ3v) is 5.52. The lowest BCUT2D eigenvalue weighted by Crippen LogP contribution is -1.96. The monoisotopic (exact) mass is 382 g/mol. The highest BCUT2D eigenvalue weighted by Crippen LogP contribution is 2.32. The van der Waals surface area contributed by atoms with Crippen LogP contribution in [0.3, 0.4) is 0 Å². The number of nitrogens with zero attached hydrogens (tertiary/aromatic N) is 3. The maximum Gasteiger partial charge on any atom is 0.150 e. The number of nitrogens with two attached hydrogens (primary N) is 1. The largest absolute Gasteiger partial charge is 0.382 e. The van der Waals surface area contributed by atoms with Crippen LogP contribution in [-0.2, 0) is 6.42 Å². The predicted molar refractivity (Wildman–Crippen MR) is 115 cm³/mol. The maximum absolute atomic E-state index is 6.22. The molecule has 136 valence electrons. The first-order valence-electron chi connectivity index (χ1n) is 9.08. The van der Waals surface area contributed by atoms with Gasteiger partial charge in [-0.25, -0.2) is 9.97 Å². The standard InChI is InChI=1S/C23H18N4S/c24-22-21-20(26-23(19-10-13-28-15-19)27(21)12-11-25-22)18-8-6-17(7-9-18)14-16-4-2-1-3-5-16/h1-13,15H,14H2,(H2,24,25). The zero-order valence-electron chi connectivity index (χ0n) is 15.1. The second-order valence-corrected chi connectivity index (χ2v) is 7.47. The van der Waals surface area contributed by atoms with Crippen LogP contribution in [0.5, 0.6) is 0 Å². The minimum atomic E-state index is 0.486. The van der Waals surface area contributed by atoms with Crippen LogP contribution in [0.2, 0.25) is 0 Å². The number of hydrogen-bond donors (Lipinski definition) is 1. The molecule has 0 atom stereocenters. The molecule has 0 saturated heterocycles. The average Bonchev–Trinajstić information content (AvgIpc) is 3.38. The van der Waals surface area contributed by atoms with Crippen molar-refractivity contribution >= 4 is 22.7 Å². The number of aromatic nitrogens is 3. The molecule has 2 N–H and O–H groups in total. The summed E-state index contributed by atoms with van der Waals surface area (Å²) in [5.41, 5.74) is 12.6. The van der Waals surface area contributed by atoms with Gasteiger partial charge in [-0.1, -0.05) is 54.6 Å². The van der Waals surface area contributed by atoms with E-state index in [1.54, 1.807) is 17.5 Å². The Bertz CT molecular complexity index is 1220. The van der Waals surface area contributed by atoms with Crippen LogP contribution in [0.25, 0.3) is 28.2 Å². The Kier molecular flexibility index (Phi) is 4.14. The van der Waals surface area contributed by atoms with E-state index in [9.17, 15) is 0 Å². The van der Waals surface area contributed by atoms with Gasteiger partial charge in [0.15, 0.2) is 0 Å². The predicted octanol–water partition coefficient (Wildman–Crippen LogP) is 5.30. The van der Waals surface area contributed by atoms with Gasteiger partial charge in [0.05, 0.1) is 0 Å². The van der Waals surface area contributed by atoms with Crippen LogP contribution in [0.1, 0.15) is 11.1 Å². The van der Waals surface area contributed by atoms with E-state index in [0.29, 0.717) is 5.82 Å². The van der Waals surface area contributed by atoms with Gasteiger partial charge in [0.25, 0.3) is 0 Å². The van der Waals surface area contributed by atoms with Crippen LogP contribution in [0.15, 0.2) is 83.8 Å². The van der Waals surface area contributed by atoms with Crippen LogP contribution < -0.4 is 5.73 Å². The van der Waals surface area contributed by atoms with Crippen molar-refractivity contribution in [3.05, 3.63) is 94.9 Å². The van der Waals surface area contributed by atoms with Gasteiger partial charge in [0.1, 0.15) is 22.9 Å². The number of imidazole rings is 1. The van der Waals surface area contributed by atoms with Gasteiger partial charge in [0, 0.05) is 28.9 Å². The van der Waals surface area contributed by atoms with E-state index in [2.05, 4.69) is 70.3 Å². The van der Waals surface area contributed by atoms with E-state index in [4.69, 9.17) is 10.7 Å². The number of rotatable bonds is 4. The summed E-state index contributed by atoms with van der Waals surface area (Å²) < 4.78 is 2.03. The second kappa shape index (κ2) is 6.94. The van der Waals surface area contributed by atoms with Crippen molar-refractivity contribution in [2.75, 3.05) is 5.73 Å². The molecule has 0 aliphatic heterocycles. The Morgan fingerprint density at radius 1 is 0.893 bits per heavy atom. The smallest absolute Gasteiger partial charge is 0.150 e. The van der Waals surface area contributed by atoms with E-state index in [1.807, 2.05) is 16.7 Å². The first-order chi connectivity index (χ1) is 13.8. The third-order valence-electron chi connectivity index (χ3n) is 4.84. The van der Waals surface area contributed by atoms with E-state index < -0.39 is 0 Å². The molecule has 0 unspecified atom stereocenters. The van der Waals surface area contributed by atoms with Gasteiger partial charge in [-0.3, -0.25) is 4.40 Å². The van der Waals surface area contributed by atoms with Gasteiger partial charge in [-0.15, -0.1) is 0 Å². The molecule has 28 heavy (non-hydrogen) atoms. The number of nitrogen functional groups attached to an aromatic ring is 1. The minimum Gasteiger partial charge on any atom is -0.382 e. The van der Waals surface area contributed by atoms with Gasteiger partial charge in [-0.05, 0) is 29.0 Å². The summed E-state index contributed by atoms with van der Waals surface area (Å²) in [5, 5.41) is 4.15. The van der Waals surface area contributed by atoms with Crippen LogP contribution in [0.4, 0.5) is 5.82 Å². The van der Waals surface area contributed by atoms with Crippen LogP contribution in [-0.4, -0.2) is 14.4 Å².